The van der Waals surface area contributed by atoms with Crippen molar-refractivity contribution in [3.63, 3.8) is 0 Å². The van der Waals surface area contributed by atoms with E-state index in [2.05, 4.69) is 15.6 Å². The Morgan fingerprint density at radius 3 is 2.75 bits per heavy atom. The minimum absolute atomic E-state index is 0.0446. The number of aromatic nitrogens is 1. The van der Waals surface area contributed by atoms with Crippen LogP contribution in [-0.4, -0.2) is 28.8 Å². The van der Waals surface area contributed by atoms with Gasteiger partial charge in [-0.15, -0.1) is 0 Å². The van der Waals surface area contributed by atoms with Crippen molar-refractivity contribution < 1.29 is 14.3 Å². The Labute approximate surface area is 142 Å². The Kier molecular flexibility index (Phi) is 5.93. The van der Waals surface area contributed by atoms with E-state index in [9.17, 15) is 9.18 Å². The molecule has 6 nitrogen and oxygen atoms in total. The summed E-state index contributed by atoms with van der Waals surface area (Å²) in [6, 6.07) is 11.6. The third-order valence-corrected chi connectivity index (χ3v) is 3.50. The van der Waals surface area contributed by atoms with E-state index >= 15 is 0 Å². The molecule has 0 aliphatic rings. The average molecular weight is 349 g/mol. The zero-order valence-electron chi connectivity index (χ0n) is 12.5. The normalized spacial score (nSPS) is 11.4. The highest BCUT2D eigenvalue weighted by Crippen LogP contribution is 2.20. The van der Waals surface area contributed by atoms with Gasteiger partial charge in [-0.1, -0.05) is 41.9 Å². The van der Waals surface area contributed by atoms with Crippen LogP contribution in [0.3, 0.4) is 0 Å². The van der Waals surface area contributed by atoms with Crippen molar-refractivity contribution >= 4 is 23.5 Å². The molecule has 8 heteroatoms. The third kappa shape index (κ3) is 4.83. The van der Waals surface area contributed by atoms with E-state index in [4.69, 9.17) is 22.0 Å². The fraction of sp³-hybridized carbons (Fsp3) is 0.188. The molecule has 1 aromatic carbocycles. The number of pyridine rings is 1. The summed E-state index contributed by atoms with van der Waals surface area (Å²) >= 11 is 5.82. The van der Waals surface area contributed by atoms with Crippen LogP contribution in [0.4, 0.5) is 15.0 Å². The second-order valence-corrected chi connectivity index (χ2v) is 5.34. The van der Waals surface area contributed by atoms with Crippen LogP contribution in [0.25, 0.3) is 0 Å². The number of carbonyl (C=O) groups is 1. The Morgan fingerprint density at radius 2 is 2.12 bits per heavy atom. The summed E-state index contributed by atoms with van der Waals surface area (Å²) in [6.45, 7) is 0.0446. The number of rotatable bonds is 6. The van der Waals surface area contributed by atoms with Crippen LogP contribution in [0.1, 0.15) is 11.1 Å². The second kappa shape index (κ2) is 8.13. The van der Waals surface area contributed by atoms with Crippen LogP contribution in [0.15, 0.2) is 36.4 Å². The maximum absolute atomic E-state index is 14.0. The number of hydrogen-bond donors (Lipinski definition) is 3. The van der Waals surface area contributed by atoms with Gasteiger partial charge >= 0.3 is 6.09 Å². The first-order valence-electron chi connectivity index (χ1n) is 7.03. The molecule has 124 valence electrons. The highest BCUT2D eigenvalue weighted by molar-refractivity contribution is 6.30. The predicted molar refractivity (Wildman–Crippen MR) is 87.5 cm³/mol. The number of nitrogens with one attached hydrogen (secondary N) is 2. The van der Waals surface area contributed by atoms with E-state index in [1.54, 1.807) is 6.07 Å². The van der Waals surface area contributed by atoms with Crippen molar-refractivity contribution in [2.45, 2.75) is 12.5 Å². The molecule has 0 aliphatic carbocycles. The second-order valence-electron chi connectivity index (χ2n) is 4.99. The van der Waals surface area contributed by atoms with Gasteiger partial charge in [0.25, 0.3) is 0 Å². The maximum Gasteiger partial charge on any atom is 0.404 e. The lowest BCUT2D eigenvalue weighted by atomic mass is 10.1. The summed E-state index contributed by atoms with van der Waals surface area (Å²) < 4.78 is 14.0. The van der Waals surface area contributed by atoms with Crippen LogP contribution < -0.4 is 10.6 Å². The van der Waals surface area contributed by atoms with Gasteiger partial charge in [-0.2, -0.15) is 5.26 Å². The fourth-order valence-corrected chi connectivity index (χ4v) is 2.30. The number of nitriles is 1. The van der Waals surface area contributed by atoms with E-state index in [0.717, 1.165) is 11.6 Å². The molecule has 0 saturated carbocycles. The number of benzene rings is 1. The Hall–Kier alpha value is -2.85. The van der Waals surface area contributed by atoms with Gasteiger partial charge < -0.3 is 15.7 Å². The Morgan fingerprint density at radius 1 is 1.42 bits per heavy atom. The number of anilines is 1. The van der Waals surface area contributed by atoms with Gasteiger partial charge in [-0.05, 0) is 18.1 Å². The smallest absolute Gasteiger partial charge is 0.404 e. The number of carboxylic acid groups (broad SMARTS) is 1. The van der Waals surface area contributed by atoms with Crippen molar-refractivity contribution in [3.05, 3.63) is 58.5 Å². The van der Waals surface area contributed by atoms with Crippen LogP contribution in [0.2, 0.25) is 5.15 Å². The fourth-order valence-electron chi connectivity index (χ4n) is 2.12. The first-order chi connectivity index (χ1) is 11.5. The average Bonchev–Trinajstić information content (AvgIpc) is 2.56. The molecule has 0 aliphatic heterocycles. The van der Waals surface area contributed by atoms with Crippen molar-refractivity contribution in [1.29, 1.82) is 5.26 Å². The summed E-state index contributed by atoms with van der Waals surface area (Å²) in [5.74, 6) is -0.864. The van der Waals surface area contributed by atoms with Gasteiger partial charge in [0.05, 0.1) is 5.56 Å². The molecule has 3 N–H and O–H groups in total. The molecule has 1 amide bonds. The number of amides is 1. The van der Waals surface area contributed by atoms with Gasteiger partial charge in [0.2, 0.25) is 0 Å². The highest BCUT2D eigenvalue weighted by atomic mass is 35.5. The molecule has 1 unspecified atom stereocenters. The largest absolute Gasteiger partial charge is 0.465 e. The Balaban J connectivity index is 2.20. The summed E-state index contributed by atoms with van der Waals surface area (Å²) in [7, 11) is 0. The molecule has 1 atom stereocenters. The quantitative estimate of drug-likeness (QED) is 0.697. The van der Waals surface area contributed by atoms with Gasteiger partial charge in [-0.25, -0.2) is 14.2 Å². The number of hydrogen-bond acceptors (Lipinski definition) is 4. The van der Waals surface area contributed by atoms with Crippen molar-refractivity contribution in [1.82, 2.24) is 10.3 Å². The minimum atomic E-state index is -1.18. The third-order valence-electron chi connectivity index (χ3n) is 3.22. The molecule has 0 saturated heterocycles. The lowest BCUT2D eigenvalue weighted by molar-refractivity contribution is 0.194. The molecular formula is C16H14ClFN4O2. The lowest BCUT2D eigenvalue weighted by Gasteiger charge is -2.20. The molecule has 1 aromatic heterocycles. The van der Waals surface area contributed by atoms with Crippen LogP contribution >= 0.6 is 11.6 Å². The monoisotopic (exact) mass is 348 g/mol. The van der Waals surface area contributed by atoms with E-state index in [-0.39, 0.29) is 23.1 Å². The highest BCUT2D eigenvalue weighted by Gasteiger charge is 2.16. The molecule has 24 heavy (non-hydrogen) atoms. The summed E-state index contributed by atoms with van der Waals surface area (Å²) in [5, 5.41) is 22.6. The first-order valence-corrected chi connectivity index (χ1v) is 7.40. The standard InChI is InChI=1S/C16H14ClFN4O2/c17-14-11(8-19)7-13(18)15(22-14)21-12(9-20-16(23)24)6-10-4-2-1-3-5-10/h1-5,7,12,20H,6,9H2,(H,21,22)(H,23,24). The Bertz CT molecular complexity index is 765. The zero-order chi connectivity index (χ0) is 17.5. The SMILES string of the molecule is N#Cc1cc(F)c(NC(CNC(=O)O)Cc2ccccc2)nc1Cl. The van der Waals surface area contributed by atoms with Crippen LogP contribution in [0.5, 0.6) is 0 Å². The first kappa shape index (κ1) is 17.5. The van der Waals surface area contributed by atoms with Crippen molar-refractivity contribution in [3.8, 4) is 6.07 Å². The molecule has 0 fully saturated rings. The van der Waals surface area contributed by atoms with Crippen molar-refractivity contribution in [2.75, 3.05) is 11.9 Å². The predicted octanol–water partition coefficient (Wildman–Crippen LogP) is 3.04. The number of nitrogens with zero attached hydrogens (tertiary/aromatic N) is 2. The topological polar surface area (TPSA) is 98.0 Å². The molecule has 2 rings (SSSR count). The van der Waals surface area contributed by atoms with Gasteiger partial charge in [0.15, 0.2) is 11.6 Å². The van der Waals surface area contributed by atoms with E-state index in [0.29, 0.717) is 6.42 Å². The van der Waals surface area contributed by atoms with Crippen LogP contribution in [0, 0.1) is 17.1 Å². The van der Waals surface area contributed by atoms with Crippen molar-refractivity contribution in [2.24, 2.45) is 0 Å². The molecule has 2 aromatic rings. The number of halogens is 2. The molecular weight excluding hydrogens is 335 g/mol. The zero-order valence-corrected chi connectivity index (χ0v) is 13.2. The van der Waals surface area contributed by atoms with Gasteiger partial charge in [0.1, 0.15) is 11.2 Å². The molecule has 0 bridgehead atoms. The minimum Gasteiger partial charge on any atom is -0.465 e. The summed E-state index contributed by atoms with van der Waals surface area (Å²) in [4.78, 5) is 14.6. The molecule has 0 radical (unpaired) electrons. The molecule has 0 spiro atoms. The molecule has 1 heterocycles. The lowest BCUT2D eigenvalue weighted by Crippen LogP contribution is -2.37. The summed E-state index contributed by atoms with van der Waals surface area (Å²) in [6.07, 6.45) is -0.735. The van der Waals surface area contributed by atoms with E-state index in [1.807, 2.05) is 30.3 Å². The summed E-state index contributed by atoms with van der Waals surface area (Å²) in [5.41, 5.74) is 0.880. The van der Waals surface area contributed by atoms with E-state index in [1.165, 1.54) is 0 Å². The van der Waals surface area contributed by atoms with E-state index < -0.39 is 18.0 Å². The maximum atomic E-state index is 14.0. The van der Waals surface area contributed by atoms with Gasteiger partial charge in [0, 0.05) is 12.6 Å². The van der Waals surface area contributed by atoms with Gasteiger partial charge in [-0.3, -0.25) is 0 Å². The van der Waals surface area contributed by atoms with Crippen LogP contribution in [-0.2, 0) is 6.42 Å².